The Morgan fingerprint density at radius 3 is 2.84 bits per heavy atom. The van der Waals surface area contributed by atoms with Crippen molar-refractivity contribution in [3.05, 3.63) is 18.6 Å². The maximum Gasteiger partial charge on any atom is 0.469 e. The van der Waals surface area contributed by atoms with Crippen LogP contribution in [0.4, 0.5) is 10.2 Å². The molecule has 3 heterocycles. The maximum atomic E-state index is 15.2. The van der Waals surface area contributed by atoms with Gasteiger partial charge < -0.3 is 29.9 Å². The summed E-state index contributed by atoms with van der Waals surface area (Å²) in [6.07, 6.45) is -2.84. The van der Waals surface area contributed by atoms with Crippen molar-refractivity contribution in [3.63, 3.8) is 0 Å². The molecule has 2 aromatic heterocycles. The molecule has 5 N–H and O–H groups in total. The first-order valence-electron chi connectivity index (χ1n) is 7.36. The van der Waals surface area contributed by atoms with Gasteiger partial charge in [0.25, 0.3) is 0 Å². The molecule has 2 aromatic rings. The fourth-order valence-corrected chi connectivity index (χ4v) is 3.54. The first-order chi connectivity index (χ1) is 11.5. The Bertz CT molecular complexity index is 839. The number of hydrogen-bond acceptors (Lipinski definition) is 7. The van der Waals surface area contributed by atoms with E-state index in [1.165, 1.54) is 24.0 Å². The van der Waals surface area contributed by atoms with E-state index in [-0.39, 0.29) is 5.82 Å². The highest BCUT2D eigenvalue weighted by Gasteiger charge is 2.57. The standard InChI is InChI=1S/C13H18FN4O6P/c1-6(24-25(20,21)22)8-9(19)13(2,14)12(23-8)18-4-3-7-10(15)16-5-17-11(7)18/h3-6,8-9,12,19H,1-2H3,(H2,15,16,17)(H2,20,21,22)/t6?,8-,9-,12-,13-/m1/s1. The lowest BCUT2D eigenvalue weighted by Crippen LogP contribution is -2.43. The Morgan fingerprint density at radius 2 is 2.20 bits per heavy atom. The van der Waals surface area contributed by atoms with Gasteiger partial charge in [0.2, 0.25) is 0 Å². The lowest BCUT2D eigenvalue weighted by Gasteiger charge is -2.25. The van der Waals surface area contributed by atoms with Crippen LogP contribution in [0.5, 0.6) is 0 Å². The van der Waals surface area contributed by atoms with Crippen molar-refractivity contribution in [2.75, 3.05) is 5.73 Å². The number of alkyl halides is 1. The largest absolute Gasteiger partial charge is 0.469 e. The predicted octanol–water partition coefficient (Wildman–Crippen LogP) is 0.498. The third kappa shape index (κ3) is 3.14. The van der Waals surface area contributed by atoms with E-state index in [4.69, 9.17) is 20.3 Å². The number of aliphatic hydroxyl groups is 1. The quantitative estimate of drug-likeness (QED) is 0.559. The summed E-state index contributed by atoms with van der Waals surface area (Å²) in [7, 11) is -4.83. The van der Waals surface area contributed by atoms with Crippen LogP contribution in [-0.2, 0) is 13.8 Å². The fraction of sp³-hybridized carbons (Fsp3) is 0.538. The molecule has 0 saturated carbocycles. The molecule has 1 aliphatic heterocycles. The Hall–Kier alpha value is -1.62. The van der Waals surface area contributed by atoms with Gasteiger partial charge in [-0.2, -0.15) is 0 Å². The van der Waals surface area contributed by atoms with Crippen molar-refractivity contribution in [2.24, 2.45) is 0 Å². The highest BCUT2D eigenvalue weighted by molar-refractivity contribution is 7.46. The Morgan fingerprint density at radius 1 is 1.52 bits per heavy atom. The molecule has 1 fully saturated rings. The van der Waals surface area contributed by atoms with E-state index < -0.39 is 38.0 Å². The summed E-state index contributed by atoms with van der Waals surface area (Å²) in [4.78, 5) is 25.7. The van der Waals surface area contributed by atoms with Gasteiger partial charge in [0.15, 0.2) is 11.9 Å². The minimum Gasteiger partial charge on any atom is -0.387 e. The molecular formula is C13H18FN4O6P. The van der Waals surface area contributed by atoms with Gasteiger partial charge in [-0.3, -0.25) is 4.52 Å². The molecule has 0 radical (unpaired) electrons. The van der Waals surface area contributed by atoms with Gasteiger partial charge in [-0.15, -0.1) is 0 Å². The summed E-state index contributed by atoms with van der Waals surface area (Å²) >= 11 is 0. The highest BCUT2D eigenvalue weighted by Crippen LogP contribution is 2.46. The van der Waals surface area contributed by atoms with Crippen LogP contribution in [0.1, 0.15) is 20.1 Å². The molecule has 12 heteroatoms. The average Bonchev–Trinajstić information content (AvgIpc) is 2.99. The van der Waals surface area contributed by atoms with Gasteiger partial charge in [-0.1, -0.05) is 0 Å². The molecule has 25 heavy (non-hydrogen) atoms. The Kier molecular flexibility index (Phi) is 4.34. The SMILES string of the molecule is CC(OP(=O)(O)O)[C@H]1O[C@@H](n2ccc3c(N)ncnc32)[C@](C)(F)[C@@H]1O. The summed E-state index contributed by atoms with van der Waals surface area (Å²) in [6, 6.07) is 1.58. The molecule has 0 aliphatic carbocycles. The molecule has 1 aliphatic rings. The Labute approximate surface area is 141 Å². The number of fused-ring (bicyclic) bond motifs is 1. The summed E-state index contributed by atoms with van der Waals surface area (Å²) in [5, 5.41) is 10.8. The zero-order chi connectivity index (χ0) is 18.6. The van der Waals surface area contributed by atoms with E-state index in [1.54, 1.807) is 6.07 Å². The van der Waals surface area contributed by atoms with Crippen molar-refractivity contribution in [1.82, 2.24) is 14.5 Å². The smallest absolute Gasteiger partial charge is 0.387 e. The number of phosphoric acid groups is 1. The zero-order valence-electron chi connectivity index (χ0n) is 13.4. The third-order valence-electron chi connectivity index (χ3n) is 4.22. The predicted molar refractivity (Wildman–Crippen MR) is 84.0 cm³/mol. The number of hydrogen-bond donors (Lipinski definition) is 4. The van der Waals surface area contributed by atoms with Crippen LogP contribution >= 0.6 is 7.82 Å². The summed E-state index contributed by atoms with van der Waals surface area (Å²) in [6.45, 7) is 2.41. The number of nitrogens with zero attached hydrogens (tertiary/aromatic N) is 3. The van der Waals surface area contributed by atoms with E-state index in [0.29, 0.717) is 11.0 Å². The minimum atomic E-state index is -4.83. The van der Waals surface area contributed by atoms with Crippen LogP contribution in [0.15, 0.2) is 18.6 Å². The van der Waals surface area contributed by atoms with Gasteiger partial charge in [-0.05, 0) is 19.9 Å². The van der Waals surface area contributed by atoms with Crippen LogP contribution in [-0.4, -0.2) is 53.4 Å². The Balaban J connectivity index is 1.96. The van der Waals surface area contributed by atoms with Crippen LogP contribution in [0, 0.1) is 0 Å². The van der Waals surface area contributed by atoms with Gasteiger partial charge >= 0.3 is 7.82 Å². The van der Waals surface area contributed by atoms with Gasteiger partial charge in [-0.25, -0.2) is 18.9 Å². The maximum absolute atomic E-state index is 15.2. The van der Waals surface area contributed by atoms with Crippen molar-refractivity contribution < 1.29 is 33.1 Å². The molecule has 3 rings (SSSR count). The van der Waals surface area contributed by atoms with E-state index in [0.717, 1.165) is 6.92 Å². The van der Waals surface area contributed by atoms with Crippen LogP contribution in [0.2, 0.25) is 0 Å². The summed E-state index contributed by atoms with van der Waals surface area (Å²) in [5.74, 6) is 0.206. The molecule has 5 atom stereocenters. The monoisotopic (exact) mass is 376 g/mol. The molecule has 10 nitrogen and oxygen atoms in total. The van der Waals surface area contributed by atoms with Crippen LogP contribution in [0.25, 0.3) is 11.0 Å². The van der Waals surface area contributed by atoms with Crippen LogP contribution < -0.4 is 5.73 Å². The van der Waals surface area contributed by atoms with E-state index in [2.05, 4.69) is 14.5 Å². The molecule has 0 aromatic carbocycles. The average molecular weight is 376 g/mol. The first kappa shape index (κ1) is 18.2. The van der Waals surface area contributed by atoms with Gasteiger partial charge in [0.05, 0.1) is 11.5 Å². The first-order valence-corrected chi connectivity index (χ1v) is 8.89. The lowest BCUT2D eigenvalue weighted by atomic mass is 9.96. The number of rotatable bonds is 4. The third-order valence-corrected chi connectivity index (χ3v) is 4.82. The molecule has 1 unspecified atom stereocenters. The zero-order valence-corrected chi connectivity index (χ0v) is 14.2. The number of phosphoric ester groups is 1. The second kappa shape index (κ2) is 5.97. The number of anilines is 1. The molecule has 0 amide bonds. The number of aliphatic hydroxyl groups excluding tert-OH is 1. The van der Waals surface area contributed by atoms with Crippen molar-refractivity contribution in [2.45, 2.75) is 44.1 Å². The number of ether oxygens (including phenoxy) is 1. The number of nitrogens with two attached hydrogens (primary N) is 1. The van der Waals surface area contributed by atoms with Crippen molar-refractivity contribution >= 4 is 24.7 Å². The van der Waals surface area contributed by atoms with E-state index in [9.17, 15) is 9.67 Å². The molecular weight excluding hydrogens is 358 g/mol. The molecule has 0 bridgehead atoms. The number of halogens is 1. The molecule has 0 spiro atoms. The minimum absolute atomic E-state index is 0.206. The normalized spacial score (nSPS) is 31.5. The highest BCUT2D eigenvalue weighted by atomic mass is 31.2. The fourth-order valence-electron chi connectivity index (χ4n) is 2.98. The molecule has 138 valence electrons. The van der Waals surface area contributed by atoms with Gasteiger partial charge in [0.1, 0.15) is 30.0 Å². The lowest BCUT2D eigenvalue weighted by molar-refractivity contribution is -0.0774. The van der Waals surface area contributed by atoms with Crippen molar-refractivity contribution in [1.29, 1.82) is 0 Å². The van der Waals surface area contributed by atoms with Gasteiger partial charge in [0, 0.05) is 6.20 Å². The van der Waals surface area contributed by atoms with E-state index in [1.807, 2.05) is 0 Å². The summed E-state index contributed by atoms with van der Waals surface area (Å²) < 4.78 is 37.6. The van der Waals surface area contributed by atoms with Crippen molar-refractivity contribution in [3.8, 4) is 0 Å². The molecule has 1 saturated heterocycles. The summed E-state index contributed by atoms with van der Waals surface area (Å²) in [5.41, 5.74) is 3.78. The van der Waals surface area contributed by atoms with E-state index >= 15 is 4.39 Å². The topological polar surface area (TPSA) is 153 Å². The second-order valence-corrected chi connectivity index (χ2v) is 7.26. The number of nitrogen functional groups attached to an aromatic ring is 1. The number of aromatic nitrogens is 3. The second-order valence-electron chi connectivity index (χ2n) is 6.07. The van der Waals surface area contributed by atoms with Crippen LogP contribution in [0.3, 0.4) is 0 Å².